The number of halogens is 1. The lowest BCUT2D eigenvalue weighted by molar-refractivity contribution is -0.120. The third-order valence-corrected chi connectivity index (χ3v) is 10.5. The molecular weight excluding hydrogens is 534 g/mol. The summed E-state index contributed by atoms with van der Waals surface area (Å²) in [6.07, 6.45) is 2.12. The van der Waals surface area contributed by atoms with Gasteiger partial charge in [0, 0.05) is 24.0 Å². The van der Waals surface area contributed by atoms with E-state index in [0.29, 0.717) is 28.9 Å². The van der Waals surface area contributed by atoms with Crippen LogP contribution in [0.1, 0.15) is 24.0 Å². The zero-order chi connectivity index (χ0) is 25.1. The number of thiazole rings is 1. The number of rotatable bonds is 7. The number of sulfonamides is 1. The van der Waals surface area contributed by atoms with Gasteiger partial charge in [-0.1, -0.05) is 66.2 Å². The monoisotopic (exact) mass is 557 g/mol. The molecule has 6 nitrogen and oxygen atoms in total. The fourth-order valence-corrected chi connectivity index (χ4v) is 8.12. The summed E-state index contributed by atoms with van der Waals surface area (Å²) >= 11 is 8.32. The molecule has 3 heterocycles. The Morgan fingerprint density at radius 1 is 1.06 bits per heavy atom. The lowest BCUT2D eigenvalue weighted by Gasteiger charge is -2.30. The highest BCUT2D eigenvalue weighted by Crippen LogP contribution is 2.31. The summed E-state index contributed by atoms with van der Waals surface area (Å²) in [5.74, 6) is -0.646. The van der Waals surface area contributed by atoms with Crippen LogP contribution in [0.4, 0.5) is 5.13 Å². The Labute approximate surface area is 223 Å². The number of carbonyl (C=O) groups excluding carboxylic acids is 1. The van der Waals surface area contributed by atoms with Crippen LogP contribution in [0.5, 0.6) is 0 Å². The van der Waals surface area contributed by atoms with Crippen LogP contribution in [-0.4, -0.2) is 36.7 Å². The fourth-order valence-electron chi connectivity index (χ4n) is 4.23. The molecule has 2 aromatic heterocycles. The van der Waals surface area contributed by atoms with Crippen LogP contribution in [0.25, 0.3) is 11.3 Å². The summed E-state index contributed by atoms with van der Waals surface area (Å²) in [6.45, 7) is 0.536. The molecule has 1 saturated heterocycles. The Kier molecular flexibility index (Phi) is 7.55. The van der Waals surface area contributed by atoms with Gasteiger partial charge in [-0.2, -0.15) is 4.31 Å². The van der Waals surface area contributed by atoms with Crippen LogP contribution >= 0.6 is 34.3 Å². The van der Waals surface area contributed by atoms with Gasteiger partial charge >= 0.3 is 0 Å². The van der Waals surface area contributed by atoms with E-state index in [1.54, 1.807) is 6.07 Å². The molecule has 0 aliphatic carbocycles. The molecule has 1 fully saturated rings. The molecule has 36 heavy (non-hydrogen) atoms. The van der Waals surface area contributed by atoms with E-state index >= 15 is 0 Å². The van der Waals surface area contributed by atoms with Crippen molar-refractivity contribution < 1.29 is 13.2 Å². The number of nitrogens with one attached hydrogen (secondary N) is 1. The summed E-state index contributed by atoms with van der Waals surface area (Å²) < 4.78 is 27.9. The van der Waals surface area contributed by atoms with Crippen LogP contribution in [0.2, 0.25) is 4.34 Å². The van der Waals surface area contributed by atoms with E-state index in [2.05, 4.69) is 34.6 Å². The van der Waals surface area contributed by atoms with Gasteiger partial charge in [0.25, 0.3) is 10.0 Å². The molecule has 2 aromatic carbocycles. The fraction of sp³-hybridized carbons (Fsp3) is 0.231. The summed E-state index contributed by atoms with van der Waals surface area (Å²) in [6, 6.07) is 21.7. The predicted molar refractivity (Wildman–Crippen MR) is 146 cm³/mol. The highest BCUT2D eigenvalue weighted by atomic mass is 35.5. The van der Waals surface area contributed by atoms with E-state index in [-0.39, 0.29) is 16.7 Å². The van der Waals surface area contributed by atoms with Crippen molar-refractivity contribution in [2.45, 2.75) is 23.5 Å². The number of aromatic nitrogens is 1. The van der Waals surface area contributed by atoms with Gasteiger partial charge in [-0.3, -0.25) is 4.79 Å². The highest BCUT2D eigenvalue weighted by Gasteiger charge is 2.34. The summed E-state index contributed by atoms with van der Waals surface area (Å²) in [7, 11) is -3.66. The number of piperidine rings is 1. The Balaban J connectivity index is 1.21. The van der Waals surface area contributed by atoms with Crippen LogP contribution in [0.3, 0.4) is 0 Å². The molecule has 0 bridgehead atoms. The van der Waals surface area contributed by atoms with Gasteiger partial charge in [0.15, 0.2) is 5.13 Å². The Morgan fingerprint density at radius 3 is 2.53 bits per heavy atom. The molecule has 1 unspecified atom stereocenters. The number of hydrogen-bond donors (Lipinski definition) is 1. The van der Waals surface area contributed by atoms with Crippen molar-refractivity contribution in [1.29, 1.82) is 0 Å². The molecule has 0 saturated carbocycles. The minimum atomic E-state index is -3.66. The maximum atomic E-state index is 13.0. The molecule has 4 aromatic rings. The first-order valence-electron chi connectivity index (χ1n) is 11.5. The third-order valence-electron chi connectivity index (χ3n) is 6.13. The van der Waals surface area contributed by atoms with Gasteiger partial charge in [0.2, 0.25) is 5.91 Å². The minimum absolute atomic E-state index is 0.144. The Morgan fingerprint density at radius 2 is 1.81 bits per heavy atom. The minimum Gasteiger partial charge on any atom is -0.302 e. The number of nitrogens with zero attached hydrogens (tertiary/aromatic N) is 2. The standard InChI is InChI=1S/C26H24ClN3O3S3/c27-23-12-13-24(35-23)36(32,33)30-14-4-7-21(16-30)25(31)29-26-28-22(17-34-26)20-10-8-19(9-11-20)15-18-5-2-1-3-6-18/h1-3,5-6,8-13,17,21H,4,7,14-16H2,(H,28,29,31). The number of hydrogen-bond acceptors (Lipinski definition) is 6. The van der Waals surface area contributed by atoms with Gasteiger partial charge in [0.1, 0.15) is 4.21 Å². The van der Waals surface area contributed by atoms with Crippen molar-refractivity contribution in [3.05, 3.63) is 87.6 Å². The van der Waals surface area contributed by atoms with Crippen molar-refractivity contribution in [3.63, 3.8) is 0 Å². The Hall–Kier alpha value is -2.56. The zero-order valence-electron chi connectivity index (χ0n) is 19.3. The quantitative estimate of drug-likeness (QED) is 0.295. The number of carbonyl (C=O) groups is 1. The van der Waals surface area contributed by atoms with E-state index < -0.39 is 15.9 Å². The first-order valence-corrected chi connectivity index (χ1v) is 15.0. The number of amides is 1. The second-order valence-corrected chi connectivity index (χ2v) is 13.4. The largest absolute Gasteiger partial charge is 0.302 e. The highest BCUT2D eigenvalue weighted by molar-refractivity contribution is 7.91. The molecule has 1 atom stereocenters. The lowest BCUT2D eigenvalue weighted by atomic mass is 9.99. The van der Waals surface area contributed by atoms with E-state index in [9.17, 15) is 13.2 Å². The topological polar surface area (TPSA) is 79.4 Å². The summed E-state index contributed by atoms with van der Waals surface area (Å²) in [4.78, 5) is 17.5. The van der Waals surface area contributed by atoms with Crippen molar-refractivity contribution >= 4 is 55.3 Å². The van der Waals surface area contributed by atoms with Crippen LogP contribution in [0, 0.1) is 5.92 Å². The number of benzene rings is 2. The second kappa shape index (κ2) is 10.8. The van der Waals surface area contributed by atoms with Gasteiger partial charge in [-0.15, -0.1) is 22.7 Å². The van der Waals surface area contributed by atoms with Crippen LogP contribution in [0.15, 0.2) is 76.3 Å². The molecule has 0 spiro atoms. The van der Waals surface area contributed by atoms with Crippen molar-refractivity contribution in [2.24, 2.45) is 5.92 Å². The van der Waals surface area contributed by atoms with Crippen molar-refractivity contribution in [1.82, 2.24) is 9.29 Å². The average molecular weight is 558 g/mol. The third kappa shape index (κ3) is 5.71. The predicted octanol–water partition coefficient (Wildman–Crippen LogP) is 6.16. The Bertz CT molecular complexity index is 1450. The zero-order valence-corrected chi connectivity index (χ0v) is 22.5. The van der Waals surface area contributed by atoms with Gasteiger partial charge in [-0.25, -0.2) is 13.4 Å². The van der Waals surface area contributed by atoms with Crippen molar-refractivity contribution in [3.8, 4) is 11.3 Å². The van der Waals surface area contributed by atoms with E-state index in [4.69, 9.17) is 11.6 Å². The first-order chi connectivity index (χ1) is 17.4. The van der Waals surface area contributed by atoms with Gasteiger partial charge in [0.05, 0.1) is 15.9 Å². The molecular formula is C26H24ClN3O3S3. The maximum absolute atomic E-state index is 13.0. The molecule has 1 aliphatic heterocycles. The number of thiophene rings is 1. The SMILES string of the molecule is O=C(Nc1nc(-c2ccc(Cc3ccccc3)cc2)cs1)C1CCCN(S(=O)(=O)c2ccc(Cl)s2)C1. The normalized spacial score (nSPS) is 16.6. The average Bonchev–Trinajstić information content (AvgIpc) is 3.55. The van der Waals surface area contributed by atoms with Gasteiger partial charge in [-0.05, 0) is 42.5 Å². The molecule has 1 N–H and O–H groups in total. The van der Waals surface area contributed by atoms with Crippen molar-refractivity contribution in [2.75, 3.05) is 18.4 Å². The van der Waals surface area contributed by atoms with E-state index in [1.165, 1.54) is 32.8 Å². The molecule has 10 heteroatoms. The molecule has 0 radical (unpaired) electrons. The van der Waals surface area contributed by atoms with E-state index in [0.717, 1.165) is 29.0 Å². The molecule has 1 amide bonds. The number of anilines is 1. The van der Waals surface area contributed by atoms with E-state index in [1.807, 2.05) is 35.7 Å². The van der Waals surface area contributed by atoms with Gasteiger partial charge < -0.3 is 5.32 Å². The lowest BCUT2D eigenvalue weighted by Crippen LogP contribution is -2.43. The molecule has 186 valence electrons. The summed E-state index contributed by atoms with van der Waals surface area (Å²) in [5.41, 5.74) is 4.25. The van der Waals surface area contributed by atoms with Crippen LogP contribution < -0.4 is 5.32 Å². The maximum Gasteiger partial charge on any atom is 0.252 e. The second-order valence-electron chi connectivity index (χ2n) is 8.65. The smallest absolute Gasteiger partial charge is 0.252 e. The first kappa shape index (κ1) is 25.1. The molecule has 5 rings (SSSR count). The molecule has 1 aliphatic rings. The van der Waals surface area contributed by atoms with Crippen LogP contribution in [-0.2, 0) is 21.2 Å². The summed E-state index contributed by atoms with van der Waals surface area (Å²) in [5, 5.41) is 5.31.